The van der Waals surface area contributed by atoms with E-state index in [4.69, 9.17) is 15.2 Å². The van der Waals surface area contributed by atoms with E-state index < -0.39 is 6.10 Å². The van der Waals surface area contributed by atoms with Crippen molar-refractivity contribution in [2.75, 3.05) is 14.2 Å². The van der Waals surface area contributed by atoms with Crippen molar-refractivity contribution >= 4 is 0 Å². The molecular formula is C16H19NO3. The molecule has 0 heterocycles. The summed E-state index contributed by atoms with van der Waals surface area (Å²) in [5.74, 6) is 1.19. The summed E-state index contributed by atoms with van der Waals surface area (Å²) in [5, 5.41) is 10.6. The second-order valence-corrected chi connectivity index (χ2v) is 4.42. The molecule has 0 saturated heterocycles. The number of hydrogen-bond donors (Lipinski definition) is 2. The number of rotatable bonds is 5. The minimum Gasteiger partial charge on any atom is -0.496 e. The van der Waals surface area contributed by atoms with Gasteiger partial charge in [-0.05, 0) is 23.3 Å². The fourth-order valence-corrected chi connectivity index (χ4v) is 2.15. The molecule has 1 atom stereocenters. The van der Waals surface area contributed by atoms with Crippen LogP contribution in [0.25, 0.3) is 0 Å². The van der Waals surface area contributed by atoms with E-state index in [2.05, 4.69) is 0 Å². The van der Waals surface area contributed by atoms with Crippen molar-refractivity contribution < 1.29 is 14.6 Å². The first-order valence-electron chi connectivity index (χ1n) is 6.39. The van der Waals surface area contributed by atoms with Gasteiger partial charge in [0.15, 0.2) is 0 Å². The van der Waals surface area contributed by atoms with Crippen molar-refractivity contribution in [3.8, 4) is 11.5 Å². The van der Waals surface area contributed by atoms with E-state index in [1.54, 1.807) is 26.4 Å². The second-order valence-electron chi connectivity index (χ2n) is 4.42. The molecule has 0 fully saturated rings. The van der Waals surface area contributed by atoms with E-state index in [9.17, 15) is 5.11 Å². The van der Waals surface area contributed by atoms with E-state index in [0.29, 0.717) is 23.6 Å². The summed E-state index contributed by atoms with van der Waals surface area (Å²) < 4.78 is 10.6. The molecule has 2 rings (SSSR count). The van der Waals surface area contributed by atoms with Gasteiger partial charge in [0.2, 0.25) is 0 Å². The summed E-state index contributed by atoms with van der Waals surface area (Å²) in [5.41, 5.74) is 7.99. The van der Waals surface area contributed by atoms with Gasteiger partial charge < -0.3 is 20.3 Å². The lowest BCUT2D eigenvalue weighted by molar-refractivity contribution is 0.209. The molecule has 0 aliphatic heterocycles. The second kappa shape index (κ2) is 6.41. The van der Waals surface area contributed by atoms with E-state index in [1.165, 1.54) is 0 Å². The van der Waals surface area contributed by atoms with Gasteiger partial charge in [-0.3, -0.25) is 0 Å². The van der Waals surface area contributed by atoms with Crippen LogP contribution in [0.15, 0.2) is 42.5 Å². The molecule has 1 unspecified atom stereocenters. The average Bonchev–Trinajstić information content (AvgIpc) is 2.53. The van der Waals surface area contributed by atoms with Gasteiger partial charge in [-0.25, -0.2) is 0 Å². The highest BCUT2D eigenvalue weighted by Crippen LogP contribution is 2.37. The van der Waals surface area contributed by atoms with Gasteiger partial charge >= 0.3 is 0 Å². The van der Waals surface area contributed by atoms with Crippen LogP contribution < -0.4 is 15.2 Å². The van der Waals surface area contributed by atoms with Crippen molar-refractivity contribution in [1.29, 1.82) is 0 Å². The molecule has 0 radical (unpaired) electrons. The minimum absolute atomic E-state index is 0.481. The fraction of sp³-hybridized carbons (Fsp3) is 0.250. The molecular weight excluding hydrogens is 254 g/mol. The number of hydrogen-bond acceptors (Lipinski definition) is 4. The third-order valence-corrected chi connectivity index (χ3v) is 3.27. The smallest absolute Gasteiger partial charge is 0.128 e. The number of methoxy groups -OCH3 is 2. The zero-order valence-corrected chi connectivity index (χ0v) is 11.7. The summed E-state index contributed by atoms with van der Waals surface area (Å²) in [7, 11) is 3.14. The highest BCUT2D eigenvalue weighted by molar-refractivity contribution is 5.49. The zero-order valence-electron chi connectivity index (χ0n) is 11.7. The predicted octanol–water partition coefficient (Wildman–Crippen LogP) is 2.24. The quantitative estimate of drug-likeness (QED) is 0.877. The normalized spacial score (nSPS) is 12.0. The van der Waals surface area contributed by atoms with Crippen LogP contribution in [0.1, 0.15) is 22.8 Å². The van der Waals surface area contributed by atoms with Gasteiger partial charge in [0.05, 0.1) is 19.8 Å². The van der Waals surface area contributed by atoms with Crippen LogP contribution in [-0.2, 0) is 6.54 Å². The van der Waals surface area contributed by atoms with Crippen molar-refractivity contribution in [2.45, 2.75) is 12.6 Å². The number of benzene rings is 2. The topological polar surface area (TPSA) is 64.7 Å². The molecule has 0 spiro atoms. The maximum atomic E-state index is 10.6. The first-order chi connectivity index (χ1) is 9.71. The molecule has 4 nitrogen and oxygen atoms in total. The Hall–Kier alpha value is -2.04. The summed E-state index contributed by atoms with van der Waals surface area (Å²) in [6.07, 6.45) is -0.812. The van der Waals surface area contributed by atoms with Crippen LogP contribution in [0.3, 0.4) is 0 Å². The van der Waals surface area contributed by atoms with E-state index in [-0.39, 0.29) is 0 Å². The predicted molar refractivity (Wildman–Crippen MR) is 77.9 cm³/mol. The van der Waals surface area contributed by atoms with Crippen molar-refractivity contribution in [3.05, 3.63) is 59.2 Å². The largest absolute Gasteiger partial charge is 0.496 e. The molecule has 0 aliphatic carbocycles. The molecule has 0 aromatic heterocycles. The van der Waals surface area contributed by atoms with E-state index in [0.717, 1.165) is 11.1 Å². The highest BCUT2D eigenvalue weighted by atomic mass is 16.5. The van der Waals surface area contributed by atoms with Gasteiger partial charge in [-0.15, -0.1) is 0 Å². The van der Waals surface area contributed by atoms with Gasteiger partial charge in [-0.1, -0.05) is 30.3 Å². The van der Waals surface area contributed by atoms with Crippen molar-refractivity contribution in [3.63, 3.8) is 0 Å². The Kier molecular flexibility index (Phi) is 4.61. The molecule has 20 heavy (non-hydrogen) atoms. The molecule has 2 aromatic rings. The molecule has 3 N–H and O–H groups in total. The lowest BCUT2D eigenvalue weighted by atomic mass is 9.98. The van der Waals surface area contributed by atoms with Gasteiger partial charge in [-0.2, -0.15) is 0 Å². The monoisotopic (exact) mass is 273 g/mol. The Morgan fingerprint density at radius 1 is 1.00 bits per heavy atom. The number of aliphatic hydroxyl groups is 1. The third kappa shape index (κ3) is 2.76. The van der Waals surface area contributed by atoms with Crippen molar-refractivity contribution in [1.82, 2.24) is 0 Å². The summed E-state index contributed by atoms with van der Waals surface area (Å²) in [6, 6.07) is 13.0. The molecule has 0 saturated carbocycles. The SMILES string of the molecule is COc1cccc(OC)c1C(O)c1ccc(CN)cc1. The number of aliphatic hydroxyl groups excluding tert-OH is 1. The summed E-state index contributed by atoms with van der Waals surface area (Å²) in [6.45, 7) is 0.481. The first kappa shape index (κ1) is 14.4. The minimum atomic E-state index is -0.812. The Bertz CT molecular complexity index is 544. The Balaban J connectivity index is 2.43. The van der Waals surface area contributed by atoms with Gasteiger partial charge in [0, 0.05) is 6.54 Å². The molecule has 0 bridgehead atoms. The fourth-order valence-electron chi connectivity index (χ4n) is 2.15. The van der Waals surface area contributed by atoms with E-state index in [1.807, 2.05) is 30.3 Å². The van der Waals surface area contributed by atoms with Crippen LogP contribution in [0, 0.1) is 0 Å². The maximum Gasteiger partial charge on any atom is 0.128 e. The number of nitrogens with two attached hydrogens (primary N) is 1. The molecule has 0 amide bonds. The summed E-state index contributed by atoms with van der Waals surface area (Å²) >= 11 is 0. The first-order valence-corrected chi connectivity index (χ1v) is 6.39. The summed E-state index contributed by atoms with van der Waals surface area (Å²) in [4.78, 5) is 0. The lowest BCUT2D eigenvalue weighted by Crippen LogP contribution is -2.05. The van der Waals surface area contributed by atoms with Crippen LogP contribution in [0.4, 0.5) is 0 Å². The molecule has 4 heteroatoms. The van der Waals surface area contributed by atoms with Gasteiger partial charge in [0.1, 0.15) is 17.6 Å². The van der Waals surface area contributed by atoms with Crippen molar-refractivity contribution in [2.24, 2.45) is 5.73 Å². The van der Waals surface area contributed by atoms with Crippen LogP contribution in [0.2, 0.25) is 0 Å². The Morgan fingerprint density at radius 3 is 2.00 bits per heavy atom. The van der Waals surface area contributed by atoms with Gasteiger partial charge in [0.25, 0.3) is 0 Å². The Labute approximate surface area is 118 Å². The number of ether oxygens (including phenoxy) is 2. The maximum absolute atomic E-state index is 10.6. The highest BCUT2D eigenvalue weighted by Gasteiger charge is 2.20. The van der Waals surface area contributed by atoms with Crippen LogP contribution in [-0.4, -0.2) is 19.3 Å². The van der Waals surface area contributed by atoms with Crippen LogP contribution >= 0.6 is 0 Å². The zero-order chi connectivity index (χ0) is 14.5. The third-order valence-electron chi connectivity index (χ3n) is 3.27. The average molecular weight is 273 g/mol. The molecule has 2 aromatic carbocycles. The Morgan fingerprint density at radius 2 is 1.55 bits per heavy atom. The molecule has 0 aliphatic rings. The van der Waals surface area contributed by atoms with E-state index >= 15 is 0 Å². The lowest BCUT2D eigenvalue weighted by Gasteiger charge is -2.18. The molecule has 106 valence electrons. The standard InChI is InChI=1S/C16H19NO3/c1-19-13-4-3-5-14(20-2)15(13)16(18)12-8-6-11(10-17)7-9-12/h3-9,16,18H,10,17H2,1-2H3. The van der Waals surface area contributed by atoms with Crippen LogP contribution in [0.5, 0.6) is 11.5 Å².